The van der Waals surface area contributed by atoms with Crippen LogP contribution in [0.3, 0.4) is 0 Å². The molecule has 0 radical (unpaired) electrons. The highest BCUT2D eigenvalue weighted by Crippen LogP contribution is 2.23. The van der Waals surface area contributed by atoms with Gasteiger partial charge in [0, 0.05) is 30.1 Å². The van der Waals surface area contributed by atoms with E-state index in [-0.39, 0.29) is 6.10 Å². The lowest BCUT2D eigenvalue weighted by Crippen LogP contribution is -2.03. The van der Waals surface area contributed by atoms with Crippen LogP contribution < -0.4 is 0 Å². The van der Waals surface area contributed by atoms with E-state index in [2.05, 4.69) is 42.8 Å². The minimum atomic E-state index is -0.281. The van der Waals surface area contributed by atoms with E-state index in [1.54, 1.807) is 0 Å². The van der Waals surface area contributed by atoms with Gasteiger partial charge in [-0.05, 0) is 38.5 Å². The van der Waals surface area contributed by atoms with Crippen LogP contribution in [0.2, 0.25) is 0 Å². The number of aliphatic hydroxyl groups excluding tert-OH is 1. The Morgan fingerprint density at radius 2 is 2.12 bits per heavy atom. The molecular weight excluding hydrogens is 198 g/mol. The smallest absolute Gasteiger partial charge is 0.0553 e. The maximum atomic E-state index is 9.51. The molecule has 2 rings (SSSR count). The van der Waals surface area contributed by atoms with Gasteiger partial charge in [-0.3, -0.25) is 0 Å². The lowest BCUT2D eigenvalue weighted by atomic mass is 10.1. The number of nitrogens with zero attached hydrogens (tertiary/aromatic N) is 1. The summed E-state index contributed by atoms with van der Waals surface area (Å²) in [7, 11) is 0. The second-order valence-electron chi connectivity index (χ2n) is 4.51. The number of benzene rings is 1. The molecule has 1 N–H and O–H groups in total. The van der Waals surface area contributed by atoms with Crippen molar-refractivity contribution in [2.75, 3.05) is 0 Å². The maximum absolute atomic E-state index is 9.51. The number of fused-ring (bicyclic) bond motifs is 1. The quantitative estimate of drug-likeness (QED) is 0.840. The Hall–Kier alpha value is -1.28. The van der Waals surface area contributed by atoms with Gasteiger partial charge in [-0.15, -0.1) is 0 Å². The summed E-state index contributed by atoms with van der Waals surface area (Å²) in [5, 5.41) is 10.8. The summed E-state index contributed by atoms with van der Waals surface area (Å²) >= 11 is 0. The third-order valence-electron chi connectivity index (χ3n) is 2.98. The monoisotopic (exact) mass is 217 g/mol. The van der Waals surface area contributed by atoms with E-state index in [4.69, 9.17) is 0 Å². The molecule has 0 saturated carbocycles. The summed E-state index contributed by atoms with van der Waals surface area (Å²) in [6, 6.07) is 6.51. The first-order valence-electron chi connectivity index (χ1n) is 5.88. The topological polar surface area (TPSA) is 25.2 Å². The molecule has 0 spiro atoms. The summed E-state index contributed by atoms with van der Waals surface area (Å²) in [6.07, 6.45) is 2.61. The van der Waals surface area contributed by atoms with Crippen molar-refractivity contribution in [3.8, 4) is 0 Å². The van der Waals surface area contributed by atoms with Gasteiger partial charge in [0.05, 0.1) is 6.10 Å². The molecule has 0 aliphatic carbocycles. The molecule has 1 aromatic carbocycles. The molecule has 2 heteroatoms. The Morgan fingerprint density at radius 3 is 2.75 bits per heavy atom. The second kappa shape index (κ2) is 4.30. The van der Waals surface area contributed by atoms with Crippen LogP contribution in [0.5, 0.6) is 0 Å². The number of aryl methyl sites for hydroxylation is 2. The summed E-state index contributed by atoms with van der Waals surface area (Å²) in [4.78, 5) is 0. The minimum Gasteiger partial charge on any atom is -0.393 e. The van der Waals surface area contributed by atoms with Crippen LogP contribution >= 0.6 is 0 Å². The molecule has 0 fully saturated rings. The fourth-order valence-electron chi connectivity index (χ4n) is 2.23. The molecule has 1 heterocycles. The third-order valence-corrected chi connectivity index (χ3v) is 2.98. The van der Waals surface area contributed by atoms with Gasteiger partial charge in [-0.2, -0.15) is 0 Å². The van der Waals surface area contributed by atoms with Crippen molar-refractivity contribution < 1.29 is 5.11 Å². The van der Waals surface area contributed by atoms with Gasteiger partial charge >= 0.3 is 0 Å². The molecule has 1 aromatic heterocycles. The highest BCUT2D eigenvalue weighted by atomic mass is 16.3. The van der Waals surface area contributed by atoms with Crippen molar-refractivity contribution in [3.05, 3.63) is 35.5 Å². The third kappa shape index (κ3) is 1.98. The number of aromatic nitrogens is 1. The van der Waals surface area contributed by atoms with Crippen LogP contribution in [0.1, 0.15) is 25.0 Å². The number of hydrogen-bond acceptors (Lipinski definition) is 1. The molecule has 0 aliphatic heterocycles. The van der Waals surface area contributed by atoms with Crippen molar-refractivity contribution in [1.82, 2.24) is 4.57 Å². The fraction of sp³-hybridized carbons (Fsp3) is 0.429. The second-order valence-corrected chi connectivity index (χ2v) is 4.51. The Bertz CT molecular complexity index is 497. The Balaban J connectivity index is 2.59. The molecule has 86 valence electrons. The zero-order valence-electron chi connectivity index (χ0n) is 10.2. The predicted molar refractivity (Wildman–Crippen MR) is 67.7 cm³/mol. The van der Waals surface area contributed by atoms with E-state index < -0.39 is 0 Å². The van der Waals surface area contributed by atoms with Crippen LogP contribution in [-0.4, -0.2) is 15.8 Å². The number of rotatable bonds is 3. The molecule has 2 aromatic rings. The molecule has 1 unspecified atom stereocenters. The number of hydrogen-bond donors (Lipinski definition) is 1. The van der Waals surface area contributed by atoms with E-state index in [0.29, 0.717) is 0 Å². The van der Waals surface area contributed by atoms with Crippen LogP contribution in [0, 0.1) is 6.92 Å². The lowest BCUT2D eigenvalue weighted by Gasteiger charge is -2.02. The highest BCUT2D eigenvalue weighted by molar-refractivity contribution is 5.84. The molecule has 0 bridgehead atoms. The maximum Gasteiger partial charge on any atom is 0.0553 e. The molecule has 0 aliphatic rings. The average molecular weight is 217 g/mol. The summed E-state index contributed by atoms with van der Waals surface area (Å²) in [5.41, 5.74) is 3.78. The van der Waals surface area contributed by atoms with Crippen molar-refractivity contribution in [2.24, 2.45) is 0 Å². The summed E-state index contributed by atoms with van der Waals surface area (Å²) in [6.45, 7) is 7.06. The molecule has 0 amide bonds. The SMILES string of the molecule is CCn1cc(CC(C)O)c2cc(C)ccc21. The molecular formula is C14H19NO. The van der Waals surface area contributed by atoms with E-state index in [9.17, 15) is 5.11 Å². The van der Waals surface area contributed by atoms with E-state index in [0.717, 1.165) is 13.0 Å². The zero-order valence-corrected chi connectivity index (χ0v) is 10.2. The van der Waals surface area contributed by atoms with Gasteiger partial charge < -0.3 is 9.67 Å². The first-order chi connectivity index (χ1) is 7.61. The van der Waals surface area contributed by atoms with Gasteiger partial charge in [0.15, 0.2) is 0 Å². The summed E-state index contributed by atoms with van der Waals surface area (Å²) < 4.78 is 2.24. The van der Waals surface area contributed by atoms with Gasteiger partial charge in [-0.25, -0.2) is 0 Å². The molecule has 16 heavy (non-hydrogen) atoms. The van der Waals surface area contributed by atoms with Crippen molar-refractivity contribution in [3.63, 3.8) is 0 Å². The zero-order chi connectivity index (χ0) is 11.7. The van der Waals surface area contributed by atoms with Gasteiger partial charge in [0.25, 0.3) is 0 Å². The van der Waals surface area contributed by atoms with Gasteiger partial charge in [0.2, 0.25) is 0 Å². The number of aliphatic hydroxyl groups is 1. The first-order valence-corrected chi connectivity index (χ1v) is 5.88. The van der Waals surface area contributed by atoms with Crippen molar-refractivity contribution in [1.29, 1.82) is 0 Å². The highest BCUT2D eigenvalue weighted by Gasteiger charge is 2.09. The fourth-order valence-corrected chi connectivity index (χ4v) is 2.23. The largest absolute Gasteiger partial charge is 0.393 e. The Morgan fingerprint density at radius 1 is 1.38 bits per heavy atom. The Labute approximate surface area is 96.5 Å². The standard InChI is InChI=1S/C14H19NO/c1-4-15-9-12(8-11(3)16)13-7-10(2)5-6-14(13)15/h5-7,9,11,16H,4,8H2,1-3H3. The Kier molecular flexibility index (Phi) is 3.01. The van der Waals surface area contributed by atoms with Crippen LogP contribution in [0.25, 0.3) is 10.9 Å². The lowest BCUT2D eigenvalue weighted by molar-refractivity contribution is 0.196. The molecule has 1 atom stereocenters. The predicted octanol–water partition coefficient (Wildman–Crippen LogP) is 2.89. The van der Waals surface area contributed by atoms with Gasteiger partial charge in [-0.1, -0.05) is 11.6 Å². The van der Waals surface area contributed by atoms with Gasteiger partial charge in [0.1, 0.15) is 0 Å². The van der Waals surface area contributed by atoms with Crippen molar-refractivity contribution >= 4 is 10.9 Å². The van der Waals surface area contributed by atoms with Crippen molar-refractivity contribution in [2.45, 2.75) is 39.8 Å². The minimum absolute atomic E-state index is 0.281. The van der Waals surface area contributed by atoms with Crippen LogP contribution in [0.15, 0.2) is 24.4 Å². The molecule has 0 saturated heterocycles. The van der Waals surface area contributed by atoms with E-state index in [1.165, 1.54) is 22.0 Å². The van der Waals surface area contributed by atoms with E-state index in [1.807, 2.05) is 6.92 Å². The normalized spacial score (nSPS) is 13.2. The average Bonchev–Trinajstić information content (AvgIpc) is 2.55. The van der Waals surface area contributed by atoms with Crippen LogP contribution in [0.4, 0.5) is 0 Å². The molecule has 2 nitrogen and oxygen atoms in total. The first kappa shape index (κ1) is 11.2. The van der Waals surface area contributed by atoms with E-state index >= 15 is 0 Å². The van der Waals surface area contributed by atoms with Crippen LogP contribution in [-0.2, 0) is 13.0 Å². The summed E-state index contributed by atoms with van der Waals surface area (Å²) in [5.74, 6) is 0.